The molecular formula is C20H19N3O2S. The number of hydrogen-bond acceptors (Lipinski definition) is 5. The Morgan fingerprint density at radius 1 is 1.08 bits per heavy atom. The fourth-order valence-corrected chi connectivity index (χ4v) is 3.49. The highest BCUT2D eigenvalue weighted by Gasteiger charge is 2.09. The molecule has 2 heterocycles. The molecule has 132 valence electrons. The Morgan fingerprint density at radius 2 is 1.88 bits per heavy atom. The third-order valence-corrected chi connectivity index (χ3v) is 5.11. The zero-order chi connectivity index (χ0) is 17.9. The monoisotopic (exact) mass is 365 g/mol. The minimum absolute atomic E-state index is 0.418. The van der Waals surface area contributed by atoms with Crippen molar-refractivity contribution in [1.82, 2.24) is 14.5 Å². The lowest BCUT2D eigenvalue weighted by Gasteiger charge is -2.07. The molecule has 0 radical (unpaired) electrons. The molecular weight excluding hydrogens is 346 g/mol. The van der Waals surface area contributed by atoms with Crippen molar-refractivity contribution >= 4 is 22.4 Å². The summed E-state index contributed by atoms with van der Waals surface area (Å²) in [7, 11) is 3.66. The molecule has 2 aromatic carbocycles. The van der Waals surface area contributed by atoms with Crippen LogP contribution in [0.25, 0.3) is 11.0 Å². The van der Waals surface area contributed by atoms with Crippen LogP contribution in [-0.4, -0.2) is 21.6 Å². The lowest BCUT2D eigenvalue weighted by molar-refractivity contribution is 0.292. The molecule has 0 fully saturated rings. The van der Waals surface area contributed by atoms with Gasteiger partial charge in [0.25, 0.3) is 0 Å². The van der Waals surface area contributed by atoms with Gasteiger partial charge in [-0.3, -0.25) is 4.98 Å². The summed E-state index contributed by atoms with van der Waals surface area (Å²) in [6.45, 7) is 0.418. The van der Waals surface area contributed by atoms with E-state index in [2.05, 4.69) is 22.1 Å². The summed E-state index contributed by atoms with van der Waals surface area (Å²) in [6.07, 6.45) is 2.81. The van der Waals surface area contributed by atoms with Gasteiger partial charge in [-0.25, -0.2) is 4.98 Å². The molecule has 0 amide bonds. The summed E-state index contributed by atoms with van der Waals surface area (Å²) in [4.78, 5) is 10.0. The average Bonchev–Trinajstić information content (AvgIpc) is 3.29. The number of rotatable bonds is 6. The van der Waals surface area contributed by atoms with Crippen LogP contribution in [0.1, 0.15) is 16.3 Å². The Balaban J connectivity index is 1.45. The molecule has 0 bridgehead atoms. The van der Waals surface area contributed by atoms with Gasteiger partial charge in [0.2, 0.25) is 0 Å². The number of ether oxygens (including phenoxy) is 2. The maximum Gasteiger partial charge on any atom is 0.147 e. The lowest BCUT2D eigenvalue weighted by Crippen LogP contribution is -2.03. The van der Waals surface area contributed by atoms with Crippen LogP contribution in [0.3, 0.4) is 0 Å². The van der Waals surface area contributed by atoms with Crippen molar-refractivity contribution in [2.75, 3.05) is 7.11 Å². The van der Waals surface area contributed by atoms with Crippen LogP contribution < -0.4 is 9.47 Å². The molecule has 4 aromatic rings. The Hall–Kier alpha value is -2.86. The zero-order valence-corrected chi connectivity index (χ0v) is 15.5. The lowest BCUT2D eigenvalue weighted by atomic mass is 10.1. The number of hydrogen-bond donors (Lipinski definition) is 0. The van der Waals surface area contributed by atoms with Crippen molar-refractivity contribution in [3.63, 3.8) is 0 Å². The van der Waals surface area contributed by atoms with Gasteiger partial charge >= 0.3 is 0 Å². The van der Waals surface area contributed by atoms with Crippen molar-refractivity contribution in [1.29, 1.82) is 0 Å². The molecule has 26 heavy (non-hydrogen) atoms. The van der Waals surface area contributed by atoms with Gasteiger partial charge in [0.15, 0.2) is 0 Å². The van der Waals surface area contributed by atoms with E-state index in [4.69, 9.17) is 9.47 Å². The van der Waals surface area contributed by atoms with Crippen molar-refractivity contribution in [3.8, 4) is 11.5 Å². The molecule has 5 nitrogen and oxygen atoms in total. The van der Waals surface area contributed by atoms with Gasteiger partial charge in [0.1, 0.15) is 23.9 Å². The molecule has 0 saturated heterocycles. The molecule has 0 unspecified atom stereocenters. The number of thiazole rings is 1. The Labute approximate surface area is 155 Å². The molecule has 0 atom stereocenters. The van der Waals surface area contributed by atoms with Crippen molar-refractivity contribution in [3.05, 3.63) is 70.4 Å². The highest BCUT2D eigenvalue weighted by molar-refractivity contribution is 7.09. The number of aryl methyl sites for hydroxylation is 1. The van der Waals surface area contributed by atoms with Crippen LogP contribution in [-0.2, 0) is 20.1 Å². The van der Waals surface area contributed by atoms with E-state index in [1.54, 1.807) is 18.4 Å². The minimum atomic E-state index is 0.418. The van der Waals surface area contributed by atoms with Crippen LogP contribution in [0.5, 0.6) is 11.5 Å². The minimum Gasteiger partial charge on any atom is -0.497 e. The first kappa shape index (κ1) is 16.6. The van der Waals surface area contributed by atoms with E-state index in [0.717, 1.165) is 34.8 Å². The van der Waals surface area contributed by atoms with Crippen LogP contribution in [0.15, 0.2) is 54.2 Å². The van der Waals surface area contributed by atoms with Crippen LogP contribution in [0.2, 0.25) is 0 Å². The van der Waals surface area contributed by atoms with Gasteiger partial charge in [-0.15, -0.1) is 11.3 Å². The Bertz CT molecular complexity index is 1010. The van der Waals surface area contributed by atoms with Crippen LogP contribution in [0.4, 0.5) is 0 Å². The number of benzene rings is 2. The first-order valence-electron chi connectivity index (χ1n) is 8.31. The number of methoxy groups -OCH3 is 1. The fourth-order valence-electron chi connectivity index (χ4n) is 2.86. The number of nitrogens with zero attached hydrogens (tertiary/aromatic N) is 3. The molecule has 4 rings (SSSR count). The first-order chi connectivity index (χ1) is 12.7. The van der Waals surface area contributed by atoms with Crippen LogP contribution in [0, 0.1) is 0 Å². The zero-order valence-electron chi connectivity index (χ0n) is 14.7. The van der Waals surface area contributed by atoms with E-state index in [1.165, 1.54) is 10.4 Å². The van der Waals surface area contributed by atoms with Gasteiger partial charge in [0, 0.05) is 30.6 Å². The van der Waals surface area contributed by atoms with Gasteiger partial charge in [-0.2, -0.15) is 0 Å². The second-order valence-electron chi connectivity index (χ2n) is 6.02. The van der Waals surface area contributed by atoms with Gasteiger partial charge in [-0.1, -0.05) is 12.1 Å². The van der Waals surface area contributed by atoms with E-state index in [9.17, 15) is 0 Å². The van der Waals surface area contributed by atoms with E-state index in [1.807, 2.05) is 53.7 Å². The van der Waals surface area contributed by atoms with Gasteiger partial charge < -0.3 is 14.0 Å². The molecule has 0 saturated carbocycles. The number of fused-ring (bicyclic) bond motifs is 1. The Kier molecular flexibility index (Phi) is 4.58. The van der Waals surface area contributed by atoms with E-state index >= 15 is 0 Å². The first-order valence-corrected chi connectivity index (χ1v) is 9.19. The maximum atomic E-state index is 5.92. The molecule has 0 aliphatic carbocycles. The molecule has 0 N–H and O–H groups in total. The topological polar surface area (TPSA) is 49.2 Å². The van der Waals surface area contributed by atoms with E-state index in [0.29, 0.717) is 6.61 Å². The van der Waals surface area contributed by atoms with Crippen molar-refractivity contribution < 1.29 is 9.47 Å². The summed E-state index contributed by atoms with van der Waals surface area (Å²) in [5.41, 5.74) is 5.07. The van der Waals surface area contributed by atoms with E-state index < -0.39 is 0 Å². The van der Waals surface area contributed by atoms with Crippen molar-refractivity contribution in [2.24, 2.45) is 7.05 Å². The quantitative estimate of drug-likeness (QED) is 0.514. The smallest absolute Gasteiger partial charge is 0.147 e. The number of imidazole rings is 1. The second-order valence-corrected chi connectivity index (χ2v) is 6.99. The molecule has 2 aromatic heterocycles. The van der Waals surface area contributed by atoms with Crippen molar-refractivity contribution in [2.45, 2.75) is 13.0 Å². The molecule has 0 aliphatic rings. The maximum absolute atomic E-state index is 5.92. The van der Waals surface area contributed by atoms with E-state index in [-0.39, 0.29) is 0 Å². The largest absolute Gasteiger partial charge is 0.497 e. The van der Waals surface area contributed by atoms with Gasteiger partial charge in [-0.05, 0) is 29.8 Å². The molecule has 6 heteroatoms. The predicted molar refractivity (Wildman–Crippen MR) is 103 cm³/mol. The summed E-state index contributed by atoms with van der Waals surface area (Å²) in [5.74, 6) is 2.54. The van der Waals surface area contributed by atoms with Gasteiger partial charge in [0.05, 0.1) is 23.7 Å². The fraction of sp³-hybridized carbons (Fsp3) is 0.200. The Morgan fingerprint density at radius 3 is 2.62 bits per heavy atom. The summed E-state index contributed by atoms with van der Waals surface area (Å²) in [5, 5.41) is 0. The summed E-state index contributed by atoms with van der Waals surface area (Å²) < 4.78 is 13.3. The standard InChI is InChI=1S/C20H19N3O2S/c1-23-19-10-16(24-2)7-8-18(19)22-20(23)12-25-15-5-3-14(4-6-15)9-17-11-21-13-26-17/h3-8,10-11,13H,9,12H2,1-2H3. The van der Waals surface area contributed by atoms with Crippen LogP contribution >= 0.6 is 11.3 Å². The molecule has 0 spiro atoms. The predicted octanol–water partition coefficient (Wildman–Crippen LogP) is 4.21. The summed E-state index contributed by atoms with van der Waals surface area (Å²) in [6, 6.07) is 14.1. The second kappa shape index (κ2) is 7.17. The molecule has 0 aliphatic heterocycles. The SMILES string of the molecule is COc1ccc2nc(COc3ccc(Cc4cncs4)cc3)n(C)c2c1. The summed E-state index contributed by atoms with van der Waals surface area (Å²) >= 11 is 1.67. The average molecular weight is 365 g/mol. The normalized spacial score (nSPS) is 11.0. The highest BCUT2D eigenvalue weighted by atomic mass is 32.1. The highest BCUT2D eigenvalue weighted by Crippen LogP contribution is 2.22. The third kappa shape index (κ3) is 3.41. The third-order valence-electron chi connectivity index (χ3n) is 4.33. The number of aromatic nitrogens is 3.